The molecule has 0 aromatic heterocycles. The van der Waals surface area contributed by atoms with Crippen LogP contribution in [0.2, 0.25) is 0 Å². The number of fused-ring (bicyclic) bond motifs is 1. The van der Waals surface area contributed by atoms with Crippen LogP contribution in [-0.2, 0) is 14.3 Å². The second-order valence-electron chi connectivity index (χ2n) is 9.34. The number of morpholine rings is 1. The van der Waals surface area contributed by atoms with Crippen LogP contribution >= 0.6 is 0 Å². The van der Waals surface area contributed by atoms with Crippen molar-refractivity contribution in [3.05, 3.63) is 52.5 Å². The lowest BCUT2D eigenvalue weighted by atomic mass is 9.90. The number of hydrogen-bond acceptors (Lipinski definition) is 4. The molecule has 0 N–H and O–H groups in total. The van der Waals surface area contributed by atoms with Gasteiger partial charge in [-0.2, -0.15) is 0 Å². The number of allylic oxidation sites excluding steroid dienone is 5. The van der Waals surface area contributed by atoms with Crippen molar-refractivity contribution in [1.82, 2.24) is 9.80 Å². The number of amides is 1. The first kappa shape index (κ1) is 24.6. The van der Waals surface area contributed by atoms with E-state index >= 15 is 0 Å². The van der Waals surface area contributed by atoms with Crippen molar-refractivity contribution in [2.24, 2.45) is 5.92 Å². The quantitative estimate of drug-likeness (QED) is 0.374. The molecule has 2 aliphatic carbocycles. The molecule has 3 rings (SSSR count). The van der Waals surface area contributed by atoms with Gasteiger partial charge in [-0.1, -0.05) is 32.9 Å². The van der Waals surface area contributed by atoms with E-state index in [1.165, 1.54) is 24.0 Å². The fourth-order valence-electron chi connectivity index (χ4n) is 4.44. The van der Waals surface area contributed by atoms with Crippen molar-refractivity contribution in [3.63, 3.8) is 0 Å². The standard InChI is InChI=1S/C27H40N2O3/c1-5-25(6-2)32-20-28-15-16-31-26(19-28)27(30)29(17-21(3)4)18-22-11-13-23-9-7-8-10-24(23)14-12-22/h5,11-13,21,26H,6-10,15-20H2,1-4H3/b25-5-. The zero-order chi connectivity index (χ0) is 22.9. The average molecular weight is 441 g/mol. The first-order chi connectivity index (χ1) is 15.5. The Morgan fingerprint density at radius 1 is 1.34 bits per heavy atom. The molecule has 5 heteroatoms. The molecule has 0 aromatic rings. The van der Waals surface area contributed by atoms with Crippen LogP contribution in [0.3, 0.4) is 0 Å². The Balaban J connectivity index is 1.66. The van der Waals surface area contributed by atoms with Gasteiger partial charge >= 0.3 is 0 Å². The van der Waals surface area contributed by atoms with Gasteiger partial charge in [0.1, 0.15) is 12.8 Å². The van der Waals surface area contributed by atoms with Gasteiger partial charge in [0.05, 0.1) is 12.4 Å². The van der Waals surface area contributed by atoms with Crippen LogP contribution in [0.1, 0.15) is 59.8 Å². The topological polar surface area (TPSA) is 42.0 Å². The predicted molar refractivity (Wildman–Crippen MR) is 129 cm³/mol. The molecule has 1 saturated heterocycles. The van der Waals surface area contributed by atoms with Gasteiger partial charge in [0.25, 0.3) is 5.91 Å². The fraction of sp³-hybridized carbons (Fsp3) is 0.630. The lowest BCUT2D eigenvalue weighted by molar-refractivity contribution is -0.151. The highest BCUT2D eigenvalue weighted by molar-refractivity contribution is 5.81. The van der Waals surface area contributed by atoms with Crippen LogP contribution in [0.5, 0.6) is 0 Å². The summed E-state index contributed by atoms with van der Waals surface area (Å²) in [6.07, 6.45) is 13.7. The van der Waals surface area contributed by atoms with Crippen molar-refractivity contribution in [3.8, 4) is 0 Å². The summed E-state index contributed by atoms with van der Waals surface area (Å²) in [5, 5.41) is 0. The zero-order valence-electron chi connectivity index (χ0n) is 20.4. The molecule has 1 amide bonds. The summed E-state index contributed by atoms with van der Waals surface area (Å²) < 4.78 is 11.8. The Labute approximate surface area is 194 Å². The molecule has 1 atom stereocenters. The molecular formula is C27H40N2O3. The molecule has 1 heterocycles. The average Bonchev–Trinajstić information content (AvgIpc) is 3.01. The van der Waals surface area contributed by atoms with Crippen molar-refractivity contribution in [2.75, 3.05) is 39.5 Å². The minimum Gasteiger partial charge on any atom is -0.483 e. The van der Waals surface area contributed by atoms with E-state index in [0.717, 1.165) is 37.1 Å². The molecule has 176 valence electrons. The predicted octanol–water partition coefficient (Wildman–Crippen LogP) is 4.98. The highest BCUT2D eigenvalue weighted by Gasteiger charge is 2.31. The van der Waals surface area contributed by atoms with Crippen LogP contribution in [0, 0.1) is 5.92 Å². The maximum Gasteiger partial charge on any atom is 0.253 e. The minimum absolute atomic E-state index is 0.0708. The maximum absolute atomic E-state index is 13.5. The molecule has 1 unspecified atom stereocenters. The largest absolute Gasteiger partial charge is 0.483 e. The van der Waals surface area contributed by atoms with Crippen LogP contribution in [-0.4, -0.2) is 61.3 Å². The first-order valence-electron chi connectivity index (χ1n) is 12.3. The Kier molecular flexibility index (Phi) is 9.40. The highest BCUT2D eigenvalue weighted by atomic mass is 16.5. The third kappa shape index (κ3) is 6.96. The van der Waals surface area contributed by atoms with E-state index in [2.05, 4.69) is 49.6 Å². The second kappa shape index (κ2) is 12.2. The number of rotatable bonds is 9. The molecule has 1 aliphatic heterocycles. The van der Waals surface area contributed by atoms with Crippen LogP contribution in [0.4, 0.5) is 0 Å². The van der Waals surface area contributed by atoms with Gasteiger partial charge in [-0.15, -0.1) is 5.73 Å². The van der Waals surface area contributed by atoms with Gasteiger partial charge < -0.3 is 14.4 Å². The lowest BCUT2D eigenvalue weighted by Gasteiger charge is -2.35. The van der Waals surface area contributed by atoms with Gasteiger partial charge in [-0.05, 0) is 67.4 Å². The number of carbonyl (C=O) groups is 1. The maximum atomic E-state index is 13.5. The van der Waals surface area contributed by atoms with E-state index < -0.39 is 6.10 Å². The number of ether oxygens (including phenoxy) is 2. The van der Waals surface area contributed by atoms with Crippen molar-refractivity contribution in [1.29, 1.82) is 0 Å². The molecule has 0 aromatic carbocycles. The Hall–Kier alpha value is -2.07. The molecular weight excluding hydrogens is 400 g/mol. The monoisotopic (exact) mass is 440 g/mol. The van der Waals surface area contributed by atoms with Crippen LogP contribution in [0.25, 0.3) is 0 Å². The minimum atomic E-state index is -0.448. The van der Waals surface area contributed by atoms with Gasteiger partial charge in [0, 0.05) is 32.6 Å². The summed E-state index contributed by atoms with van der Waals surface area (Å²) in [4.78, 5) is 17.6. The van der Waals surface area contributed by atoms with E-state index in [1.807, 2.05) is 17.9 Å². The van der Waals surface area contributed by atoms with E-state index in [4.69, 9.17) is 9.47 Å². The van der Waals surface area contributed by atoms with E-state index in [1.54, 1.807) is 0 Å². The van der Waals surface area contributed by atoms with Crippen molar-refractivity contribution in [2.45, 2.75) is 65.9 Å². The smallest absolute Gasteiger partial charge is 0.253 e. The van der Waals surface area contributed by atoms with Crippen LogP contribution < -0.4 is 0 Å². The summed E-state index contributed by atoms with van der Waals surface area (Å²) in [6.45, 7) is 12.1. The second-order valence-corrected chi connectivity index (χ2v) is 9.34. The molecule has 1 saturated carbocycles. The Morgan fingerprint density at radius 3 is 2.91 bits per heavy atom. The van der Waals surface area contributed by atoms with E-state index in [9.17, 15) is 4.79 Å². The SMILES string of the molecule is C/C=C(/CC)OCN1CCOC(C(=O)N(CC2=CC=C3CCCCC3=C=C2)CC(C)C)C1. The van der Waals surface area contributed by atoms with Gasteiger partial charge in [0.15, 0.2) is 0 Å². The van der Waals surface area contributed by atoms with Gasteiger partial charge in [-0.25, -0.2) is 0 Å². The Bertz CT molecular complexity index is 815. The number of carbonyl (C=O) groups excluding carboxylic acids is 1. The molecule has 0 radical (unpaired) electrons. The van der Waals surface area contributed by atoms with E-state index in [-0.39, 0.29) is 5.91 Å². The zero-order valence-corrected chi connectivity index (χ0v) is 20.4. The summed E-state index contributed by atoms with van der Waals surface area (Å²) in [6, 6.07) is 0. The van der Waals surface area contributed by atoms with Gasteiger partial charge in [0.2, 0.25) is 0 Å². The highest BCUT2D eigenvalue weighted by Crippen LogP contribution is 2.29. The first-order valence-corrected chi connectivity index (χ1v) is 12.3. The third-order valence-electron chi connectivity index (χ3n) is 6.24. The summed E-state index contributed by atoms with van der Waals surface area (Å²) in [5.74, 6) is 1.44. The lowest BCUT2D eigenvalue weighted by Crippen LogP contribution is -2.52. The molecule has 5 nitrogen and oxygen atoms in total. The summed E-state index contributed by atoms with van der Waals surface area (Å²) >= 11 is 0. The Morgan fingerprint density at radius 2 is 2.16 bits per heavy atom. The fourth-order valence-corrected chi connectivity index (χ4v) is 4.44. The molecule has 32 heavy (non-hydrogen) atoms. The van der Waals surface area contributed by atoms with E-state index in [0.29, 0.717) is 38.9 Å². The third-order valence-corrected chi connectivity index (χ3v) is 6.24. The molecule has 0 spiro atoms. The normalized spacial score (nSPS) is 22.0. The molecule has 3 aliphatic rings. The number of nitrogens with zero attached hydrogens (tertiary/aromatic N) is 2. The van der Waals surface area contributed by atoms with Gasteiger partial charge in [-0.3, -0.25) is 9.69 Å². The molecule has 2 fully saturated rings. The summed E-state index contributed by atoms with van der Waals surface area (Å²) in [7, 11) is 0. The van der Waals surface area contributed by atoms with Crippen LogP contribution in [0.15, 0.2) is 52.5 Å². The summed E-state index contributed by atoms with van der Waals surface area (Å²) in [5.41, 5.74) is 7.38. The number of hydrogen-bond donors (Lipinski definition) is 0. The van der Waals surface area contributed by atoms with Crippen molar-refractivity contribution >= 4 is 5.91 Å². The molecule has 0 bridgehead atoms. The van der Waals surface area contributed by atoms with Crippen molar-refractivity contribution < 1.29 is 14.3 Å².